The first-order chi connectivity index (χ1) is 10.9. The number of hydrogen-bond acceptors (Lipinski definition) is 4. The molecule has 2 rings (SSSR count). The molecule has 1 amide bonds. The zero-order valence-electron chi connectivity index (χ0n) is 14.0. The number of nitrogens with one attached hydrogen (secondary N) is 2. The molecular formula is C18H23N3O2. The van der Waals surface area contributed by atoms with Gasteiger partial charge in [-0.25, -0.2) is 4.98 Å². The minimum Gasteiger partial charge on any atom is -0.492 e. The van der Waals surface area contributed by atoms with Gasteiger partial charge in [-0.3, -0.25) is 4.79 Å². The fourth-order valence-electron chi connectivity index (χ4n) is 1.85. The van der Waals surface area contributed by atoms with Gasteiger partial charge in [-0.15, -0.1) is 0 Å². The first-order valence-corrected chi connectivity index (χ1v) is 7.66. The Morgan fingerprint density at radius 3 is 2.52 bits per heavy atom. The number of carbonyl (C=O) groups is 1. The Kier molecular flexibility index (Phi) is 5.21. The van der Waals surface area contributed by atoms with Crippen molar-refractivity contribution in [1.82, 2.24) is 4.98 Å². The van der Waals surface area contributed by atoms with E-state index < -0.39 is 5.41 Å². The largest absolute Gasteiger partial charge is 0.492 e. The van der Waals surface area contributed by atoms with Crippen molar-refractivity contribution < 1.29 is 9.53 Å². The van der Waals surface area contributed by atoms with Gasteiger partial charge in [0.2, 0.25) is 5.91 Å². The Labute approximate surface area is 137 Å². The van der Waals surface area contributed by atoms with Gasteiger partial charge in [0.1, 0.15) is 11.6 Å². The molecule has 5 nitrogen and oxygen atoms in total. The van der Waals surface area contributed by atoms with Crippen LogP contribution in [0.5, 0.6) is 5.75 Å². The fourth-order valence-corrected chi connectivity index (χ4v) is 1.85. The summed E-state index contributed by atoms with van der Waals surface area (Å²) in [6.45, 7) is 8.16. The molecule has 23 heavy (non-hydrogen) atoms. The molecule has 0 spiro atoms. The molecule has 0 saturated heterocycles. The summed E-state index contributed by atoms with van der Waals surface area (Å²) in [5.41, 5.74) is 1.09. The quantitative estimate of drug-likeness (QED) is 0.868. The predicted octanol–water partition coefficient (Wildman–Crippen LogP) is 4.21. The topological polar surface area (TPSA) is 63.2 Å². The lowest BCUT2D eigenvalue weighted by atomic mass is 9.96. The average Bonchev–Trinajstić information content (AvgIpc) is 2.50. The minimum atomic E-state index is -0.437. The molecule has 1 aromatic carbocycles. The summed E-state index contributed by atoms with van der Waals surface area (Å²) < 4.78 is 5.58. The molecule has 0 aliphatic carbocycles. The van der Waals surface area contributed by atoms with Gasteiger partial charge in [-0.1, -0.05) is 32.9 Å². The van der Waals surface area contributed by atoms with E-state index in [2.05, 4.69) is 15.6 Å². The van der Waals surface area contributed by atoms with Crippen LogP contribution >= 0.6 is 0 Å². The van der Waals surface area contributed by atoms with E-state index in [1.807, 2.05) is 64.1 Å². The van der Waals surface area contributed by atoms with Gasteiger partial charge in [0.15, 0.2) is 0 Å². The number of aromatic nitrogens is 1. The van der Waals surface area contributed by atoms with Crippen molar-refractivity contribution in [2.75, 3.05) is 17.2 Å². The summed E-state index contributed by atoms with van der Waals surface area (Å²) in [6.07, 6.45) is 1.63. The summed E-state index contributed by atoms with van der Waals surface area (Å²) in [6, 6.07) is 11.3. The van der Waals surface area contributed by atoms with Crippen LogP contribution in [0.4, 0.5) is 17.2 Å². The van der Waals surface area contributed by atoms with Gasteiger partial charge >= 0.3 is 0 Å². The normalized spacial score (nSPS) is 11.0. The van der Waals surface area contributed by atoms with Crippen molar-refractivity contribution >= 4 is 23.1 Å². The maximum Gasteiger partial charge on any atom is 0.229 e. The van der Waals surface area contributed by atoms with Crippen LogP contribution < -0.4 is 15.4 Å². The molecule has 0 saturated carbocycles. The zero-order chi connectivity index (χ0) is 16.9. The molecule has 122 valence electrons. The number of anilines is 3. The Morgan fingerprint density at radius 2 is 1.91 bits per heavy atom. The second-order valence-corrected chi connectivity index (χ2v) is 6.19. The number of ether oxygens (including phenoxy) is 1. The van der Waals surface area contributed by atoms with Gasteiger partial charge in [0.05, 0.1) is 24.2 Å². The Bertz CT molecular complexity index is 661. The highest BCUT2D eigenvalue weighted by Crippen LogP contribution is 2.27. The standard InChI is InChI=1S/C18H23N3O2/c1-5-23-15-9-7-6-8-14(15)21-16-11-10-13(12-19-16)20-17(22)18(2,3)4/h6-12H,5H2,1-4H3,(H,19,21)(H,20,22). The summed E-state index contributed by atoms with van der Waals surface area (Å²) in [5, 5.41) is 6.07. The number of carbonyl (C=O) groups excluding carboxylic acids is 1. The second-order valence-electron chi connectivity index (χ2n) is 6.19. The predicted molar refractivity (Wildman–Crippen MR) is 93.2 cm³/mol. The van der Waals surface area contributed by atoms with E-state index in [4.69, 9.17) is 4.74 Å². The maximum atomic E-state index is 12.0. The van der Waals surface area contributed by atoms with Crippen LogP contribution in [0.15, 0.2) is 42.6 Å². The molecule has 0 bridgehead atoms. The van der Waals surface area contributed by atoms with E-state index >= 15 is 0 Å². The molecule has 0 unspecified atom stereocenters. The number of benzene rings is 1. The molecule has 2 aromatic rings. The number of pyridine rings is 1. The lowest BCUT2D eigenvalue weighted by Gasteiger charge is -2.17. The minimum absolute atomic E-state index is 0.0401. The number of amides is 1. The first-order valence-electron chi connectivity index (χ1n) is 7.66. The van der Waals surface area contributed by atoms with Gasteiger partial charge in [0, 0.05) is 5.41 Å². The van der Waals surface area contributed by atoms with Crippen LogP contribution in [-0.2, 0) is 4.79 Å². The van der Waals surface area contributed by atoms with Crippen molar-refractivity contribution in [2.45, 2.75) is 27.7 Å². The summed E-state index contributed by atoms with van der Waals surface area (Å²) >= 11 is 0. The Balaban J connectivity index is 2.07. The van der Waals surface area contributed by atoms with E-state index in [-0.39, 0.29) is 5.91 Å². The number of rotatable bonds is 5. The first kappa shape index (κ1) is 16.8. The van der Waals surface area contributed by atoms with Crippen molar-refractivity contribution in [1.29, 1.82) is 0 Å². The number of hydrogen-bond donors (Lipinski definition) is 2. The van der Waals surface area contributed by atoms with Crippen LogP contribution in [0, 0.1) is 5.41 Å². The van der Waals surface area contributed by atoms with Gasteiger partial charge in [-0.2, -0.15) is 0 Å². The zero-order valence-corrected chi connectivity index (χ0v) is 14.0. The van der Waals surface area contributed by atoms with Gasteiger partial charge in [-0.05, 0) is 31.2 Å². The molecular weight excluding hydrogens is 290 g/mol. The van der Waals surface area contributed by atoms with E-state index in [0.717, 1.165) is 11.4 Å². The summed E-state index contributed by atoms with van der Waals surface area (Å²) in [5.74, 6) is 1.43. The van der Waals surface area contributed by atoms with Crippen molar-refractivity contribution in [2.24, 2.45) is 5.41 Å². The lowest BCUT2D eigenvalue weighted by molar-refractivity contribution is -0.123. The van der Waals surface area contributed by atoms with E-state index in [9.17, 15) is 4.79 Å². The third-order valence-corrected chi connectivity index (χ3v) is 3.15. The SMILES string of the molecule is CCOc1ccccc1Nc1ccc(NC(=O)C(C)(C)C)cn1. The monoisotopic (exact) mass is 313 g/mol. The van der Waals surface area contributed by atoms with E-state index in [0.29, 0.717) is 18.1 Å². The summed E-state index contributed by atoms with van der Waals surface area (Å²) in [7, 11) is 0. The highest BCUT2D eigenvalue weighted by molar-refractivity contribution is 5.94. The molecule has 0 fully saturated rings. The third kappa shape index (κ3) is 4.71. The van der Waals surface area contributed by atoms with Crippen molar-refractivity contribution in [3.8, 4) is 5.75 Å². The lowest BCUT2D eigenvalue weighted by Crippen LogP contribution is -2.27. The molecule has 1 heterocycles. The molecule has 0 radical (unpaired) electrons. The summed E-state index contributed by atoms with van der Waals surface area (Å²) in [4.78, 5) is 16.3. The molecule has 2 N–H and O–H groups in total. The highest BCUT2D eigenvalue weighted by Gasteiger charge is 2.21. The maximum absolute atomic E-state index is 12.0. The van der Waals surface area contributed by atoms with Crippen molar-refractivity contribution in [3.05, 3.63) is 42.6 Å². The third-order valence-electron chi connectivity index (χ3n) is 3.15. The molecule has 0 aliphatic heterocycles. The Hall–Kier alpha value is -2.56. The van der Waals surface area contributed by atoms with Crippen LogP contribution in [0.1, 0.15) is 27.7 Å². The average molecular weight is 313 g/mol. The number of para-hydroxylation sites is 2. The van der Waals surface area contributed by atoms with E-state index in [1.54, 1.807) is 6.20 Å². The van der Waals surface area contributed by atoms with Gasteiger partial charge < -0.3 is 15.4 Å². The molecule has 0 aliphatic rings. The highest BCUT2D eigenvalue weighted by atomic mass is 16.5. The van der Waals surface area contributed by atoms with Crippen LogP contribution in [0.25, 0.3) is 0 Å². The molecule has 1 aromatic heterocycles. The van der Waals surface area contributed by atoms with Crippen LogP contribution in [-0.4, -0.2) is 17.5 Å². The van der Waals surface area contributed by atoms with Crippen LogP contribution in [0.2, 0.25) is 0 Å². The van der Waals surface area contributed by atoms with Gasteiger partial charge in [0.25, 0.3) is 0 Å². The smallest absolute Gasteiger partial charge is 0.229 e. The fraction of sp³-hybridized carbons (Fsp3) is 0.333. The molecule has 0 atom stereocenters. The molecule has 5 heteroatoms. The van der Waals surface area contributed by atoms with E-state index in [1.165, 1.54) is 0 Å². The number of nitrogens with zero attached hydrogens (tertiary/aromatic N) is 1. The second kappa shape index (κ2) is 7.13. The van der Waals surface area contributed by atoms with Crippen molar-refractivity contribution in [3.63, 3.8) is 0 Å². The Morgan fingerprint density at radius 1 is 1.17 bits per heavy atom. The van der Waals surface area contributed by atoms with Crippen LogP contribution in [0.3, 0.4) is 0 Å².